The van der Waals surface area contributed by atoms with E-state index in [1.54, 1.807) is 44.6 Å². The van der Waals surface area contributed by atoms with E-state index in [1.165, 1.54) is 4.31 Å². The normalized spacial score (nSPS) is 16.8. The predicted octanol–water partition coefficient (Wildman–Crippen LogP) is 4.43. The number of aromatic nitrogens is 2. The van der Waals surface area contributed by atoms with E-state index in [0.717, 1.165) is 10.8 Å². The molecular weight excluding hydrogens is 442 g/mol. The maximum atomic E-state index is 13.5. The van der Waals surface area contributed by atoms with Gasteiger partial charge in [0.1, 0.15) is 6.04 Å². The molecule has 0 saturated carbocycles. The van der Waals surface area contributed by atoms with E-state index in [-0.39, 0.29) is 10.8 Å². The molecule has 2 heterocycles. The molecule has 0 bridgehead atoms. The molecule has 0 spiro atoms. The van der Waals surface area contributed by atoms with Crippen LogP contribution >= 0.6 is 0 Å². The summed E-state index contributed by atoms with van der Waals surface area (Å²) in [6.07, 6.45) is 1.33. The van der Waals surface area contributed by atoms with Crippen LogP contribution in [0, 0.1) is 0 Å². The number of sulfonamides is 1. The zero-order valence-electron chi connectivity index (χ0n) is 18.3. The molecule has 1 fully saturated rings. The van der Waals surface area contributed by atoms with E-state index >= 15 is 0 Å². The highest BCUT2D eigenvalue weighted by Crippen LogP contribution is 2.38. The average Bonchev–Trinajstić information content (AvgIpc) is 3.53. The number of nitrogens with zero attached hydrogens (tertiary/aromatic N) is 3. The minimum Gasteiger partial charge on any atom is -0.493 e. The lowest BCUT2D eigenvalue weighted by Gasteiger charge is -2.21. The van der Waals surface area contributed by atoms with Crippen LogP contribution in [-0.2, 0) is 10.0 Å². The Balaban J connectivity index is 1.46. The molecular formula is C24H23N3O5S. The van der Waals surface area contributed by atoms with Crippen LogP contribution in [0.15, 0.2) is 70.1 Å². The molecule has 1 aromatic heterocycles. The Morgan fingerprint density at radius 2 is 1.76 bits per heavy atom. The molecule has 0 N–H and O–H groups in total. The van der Waals surface area contributed by atoms with Crippen LogP contribution in [0.1, 0.15) is 24.8 Å². The van der Waals surface area contributed by atoms with Crippen molar-refractivity contribution < 1.29 is 22.4 Å². The molecule has 170 valence electrons. The topological polar surface area (TPSA) is 94.8 Å². The van der Waals surface area contributed by atoms with E-state index < -0.39 is 16.1 Å². The van der Waals surface area contributed by atoms with Gasteiger partial charge >= 0.3 is 0 Å². The third-order valence-electron chi connectivity index (χ3n) is 5.90. The summed E-state index contributed by atoms with van der Waals surface area (Å²) < 4.78 is 44.6. The molecule has 4 aromatic rings. The van der Waals surface area contributed by atoms with E-state index in [2.05, 4.69) is 10.1 Å². The highest BCUT2D eigenvalue weighted by Gasteiger charge is 2.39. The number of fused-ring (bicyclic) bond motifs is 1. The molecule has 1 atom stereocenters. The molecule has 5 rings (SSSR count). The zero-order valence-corrected chi connectivity index (χ0v) is 19.1. The smallest absolute Gasteiger partial charge is 0.245 e. The number of hydrogen-bond donors (Lipinski definition) is 0. The van der Waals surface area contributed by atoms with Crippen molar-refractivity contribution in [1.29, 1.82) is 0 Å². The van der Waals surface area contributed by atoms with Gasteiger partial charge in [-0.1, -0.05) is 35.5 Å². The fourth-order valence-corrected chi connectivity index (χ4v) is 5.89. The fourth-order valence-electron chi connectivity index (χ4n) is 4.20. The first-order valence-electron chi connectivity index (χ1n) is 10.6. The zero-order chi connectivity index (χ0) is 23.0. The summed E-state index contributed by atoms with van der Waals surface area (Å²) >= 11 is 0. The van der Waals surface area contributed by atoms with Crippen LogP contribution < -0.4 is 9.47 Å². The Morgan fingerprint density at radius 3 is 2.55 bits per heavy atom. The summed E-state index contributed by atoms with van der Waals surface area (Å²) in [5.41, 5.74) is 0.685. The van der Waals surface area contributed by atoms with Crippen molar-refractivity contribution in [3.05, 3.63) is 66.6 Å². The second-order valence-corrected chi connectivity index (χ2v) is 9.70. The molecule has 9 heteroatoms. The Kier molecular flexibility index (Phi) is 5.51. The summed E-state index contributed by atoms with van der Waals surface area (Å²) in [5.74, 6) is 1.78. The number of rotatable bonds is 6. The number of hydrogen-bond acceptors (Lipinski definition) is 7. The van der Waals surface area contributed by atoms with E-state index in [9.17, 15) is 8.42 Å². The Morgan fingerprint density at radius 1 is 0.970 bits per heavy atom. The van der Waals surface area contributed by atoms with Gasteiger partial charge in [0.05, 0.1) is 19.1 Å². The Hall–Kier alpha value is -3.43. The van der Waals surface area contributed by atoms with Gasteiger partial charge in [0.2, 0.25) is 21.7 Å². The van der Waals surface area contributed by atoms with Crippen LogP contribution in [0.4, 0.5) is 0 Å². The second kappa shape index (κ2) is 8.49. The number of ether oxygens (including phenoxy) is 2. The molecule has 33 heavy (non-hydrogen) atoms. The molecule has 1 aliphatic heterocycles. The third kappa shape index (κ3) is 3.83. The van der Waals surface area contributed by atoms with Gasteiger partial charge in [-0.15, -0.1) is 0 Å². The highest BCUT2D eigenvalue weighted by atomic mass is 32.2. The van der Waals surface area contributed by atoms with E-state index in [1.807, 2.05) is 30.3 Å². The van der Waals surface area contributed by atoms with Crippen LogP contribution in [0.5, 0.6) is 11.5 Å². The molecule has 3 aromatic carbocycles. The van der Waals surface area contributed by atoms with Crippen LogP contribution in [0.2, 0.25) is 0 Å². The Bertz CT molecular complexity index is 1420. The van der Waals surface area contributed by atoms with Crippen molar-refractivity contribution in [3.8, 4) is 22.9 Å². The first-order chi connectivity index (χ1) is 16.0. The van der Waals surface area contributed by atoms with Crippen LogP contribution in [0.3, 0.4) is 0 Å². The van der Waals surface area contributed by atoms with Gasteiger partial charge in [0.15, 0.2) is 11.5 Å². The second-order valence-electron chi connectivity index (χ2n) is 7.81. The Labute approximate surface area is 191 Å². The SMILES string of the molecule is COc1ccc(-c2noc([C@@H]3CCCN3S(=O)(=O)c3ccc4ccccc4c3)n2)cc1OC. The summed E-state index contributed by atoms with van der Waals surface area (Å²) in [4.78, 5) is 4.78. The van der Waals surface area contributed by atoms with Crippen molar-refractivity contribution in [2.45, 2.75) is 23.8 Å². The van der Waals surface area contributed by atoms with Gasteiger partial charge < -0.3 is 14.0 Å². The molecule has 1 saturated heterocycles. The summed E-state index contributed by atoms with van der Waals surface area (Å²) in [6, 6.07) is 17.7. The van der Waals surface area contributed by atoms with Gasteiger partial charge in [-0.25, -0.2) is 8.42 Å². The van der Waals surface area contributed by atoms with Gasteiger partial charge in [-0.3, -0.25) is 0 Å². The first-order valence-corrected chi connectivity index (χ1v) is 12.0. The number of benzene rings is 3. The molecule has 0 aliphatic carbocycles. The summed E-state index contributed by atoms with van der Waals surface area (Å²) in [5, 5.41) is 5.96. The van der Waals surface area contributed by atoms with Crippen LogP contribution in [0.25, 0.3) is 22.2 Å². The highest BCUT2D eigenvalue weighted by molar-refractivity contribution is 7.89. The van der Waals surface area contributed by atoms with Crippen LogP contribution in [-0.4, -0.2) is 43.6 Å². The molecule has 8 nitrogen and oxygen atoms in total. The van der Waals surface area contributed by atoms with Gasteiger partial charge in [-0.05, 0) is 53.9 Å². The predicted molar refractivity (Wildman–Crippen MR) is 123 cm³/mol. The standard InChI is InChI=1S/C24H23N3O5S/c1-30-21-12-10-18(15-22(21)31-2)23-25-24(32-26-23)20-8-5-13-27(20)33(28,29)19-11-9-16-6-3-4-7-17(16)14-19/h3-4,6-7,9-12,14-15,20H,5,8,13H2,1-2H3/t20-/m0/s1. The third-order valence-corrected chi connectivity index (χ3v) is 7.80. The number of methoxy groups -OCH3 is 2. The molecule has 0 unspecified atom stereocenters. The van der Waals surface area contributed by atoms with Gasteiger partial charge in [0, 0.05) is 12.1 Å². The molecule has 0 amide bonds. The maximum Gasteiger partial charge on any atom is 0.245 e. The summed E-state index contributed by atoms with van der Waals surface area (Å²) in [7, 11) is -0.616. The van der Waals surface area contributed by atoms with E-state index in [4.69, 9.17) is 14.0 Å². The lowest BCUT2D eigenvalue weighted by molar-refractivity contribution is 0.290. The average molecular weight is 466 g/mol. The van der Waals surface area contributed by atoms with Crippen molar-refractivity contribution >= 4 is 20.8 Å². The minimum absolute atomic E-state index is 0.257. The first kappa shape index (κ1) is 21.4. The quantitative estimate of drug-likeness (QED) is 0.416. The lowest BCUT2D eigenvalue weighted by atomic mass is 10.1. The van der Waals surface area contributed by atoms with E-state index in [0.29, 0.717) is 42.3 Å². The minimum atomic E-state index is -3.73. The largest absolute Gasteiger partial charge is 0.493 e. The van der Waals surface area contributed by atoms with Gasteiger partial charge in [0.25, 0.3) is 0 Å². The molecule has 0 radical (unpaired) electrons. The van der Waals surface area contributed by atoms with Crippen molar-refractivity contribution in [3.63, 3.8) is 0 Å². The lowest BCUT2D eigenvalue weighted by Crippen LogP contribution is -2.30. The van der Waals surface area contributed by atoms with Crippen molar-refractivity contribution in [1.82, 2.24) is 14.4 Å². The fraction of sp³-hybridized carbons (Fsp3) is 0.250. The van der Waals surface area contributed by atoms with Crippen molar-refractivity contribution in [2.24, 2.45) is 0 Å². The van der Waals surface area contributed by atoms with Crippen molar-refractivity contribution in [2.75, 3.05) is 20.8 Å². The summed E-state index contributed by atoms with van der Waals surface area (Å²) in [6.45, 7) is 0.397. The molecule has 1 aliphatic rings. The van der Waals surface area contributed by atoms with Gasteiger partial charge in [-0.2, -0.15) is 9.29 Å². The monoisotopic (exact) mass is 465 g/mol. The maximum absolute atomic E-state index is 13.5.